The van der Waals surface area contributed by atoms with Crippen LogP contribution >= 0.6 is 23.2 Å². The minimum Gasteiger partial charge on any atom is -0.466 e. The summed E-state index contributed by atoms with van der Waals surface area (Å²) < 4.78 is 4.92. The number of hydrogen-bond donors (Lipinski definition) is 0. The molecule has 0 amide bonds. The van der Waals surface area contributed by atoms with Crippen molar-refractivity contribution in [2.75, 3.05) is 6.61 Å². The Morgan fingerprint density at radius 1 is 1.41 bits per heavy atom. The van der Waals surface area contributed by atoms with E-state index in [-0.39, 0.29) is 11.9 Å². The Bertz CT molecular complexity index is 416. The summed E-state index contributed by atoms with van der Waals surface area (Å²) in [6.45, 7) is 6.01. The van der Waals surface area contributed by atoms with Crippen molar-refractivity contribution in [3.63, 3.8) is 0 Å². The van der Waals surface area contributed by atoms with E-state index in [0.29, 0.717) is 23.1 Å². The summed E-state index contributed by atoms with van der Waals surface area (Å²) in [5, 5.41) is 1.27. The van der Waals surface area contributed by atoms with Crippen LogP contribution in [0.4, 0.5) is 0 Å². The lowest BCUT2D eigenvalue weighted by atomic mass is 9.96. The third-order valence-electron chi connectivity index (χ3n) is 2.66. The van der Waals surface area contributed by atoms with Gasteiger partial charge < -0.3 is 4.74 Å². The van der Waals surface area contributed by atoms with Crippen molar-refractivity contribution < 1.29 is 9.53 Å². The molecule has 0 aromatic heterocycles. The zero-order valence-corrected chi connectivity index (χ0v) is 11.7. The third-order valence-corrected chi connectivity index (χ3v) is 3.57. The van der Waals surface area contributed by atoms with Crippen molar-refractivity contribution in [3.05, 3.63) is 33.3 Å². The van der Waals surface area contributed by atoms with Crippen molar-refractivity contribution in [1.82, 2.24) is 0 Å². The van der Waals surface area contributed by atoms with Gasteiger partial charge in [0.05, 0.1) is 13.0 Å². The minimum atomic E-state index is -0.205. The highest BCUT2D eigenvalue weighted by molar-refractivity contribution is 6.36. The van der Waals surface area contributed by atoms with E-state index in [1.165, 1.54) is 0 Å². The van der Waals surface area contributed by atoms with Gasteiger partial charge in [-0.1, -0.05) is 36.2 Å². The van der Waals surface area contributed by atoms with Gasteiger partial charge >= 0.3 is 5.97 Å². The first kappa shape index (κ1) is 14.3. The maximum absolute atomic E-state index is 11.4. The van der Waals surface area contributed by atoms with Crippen LogP contribution in [0, 0.1) is 6.92 Å². The molecule has 0 fully saturated rings. The molecule has 1 aromatic rings. The molecule has 0 saturated heterocycles. The van der Waals surface area contributed by atoms with Gasteiger partial charge in [-0.15, -0.1) is 0 Å². The Morgan fingerprint density at radius 2 is 2.06 bits per heavy atom. The van der Waals surface area contributed by atoms with E-state index >= 15 is 0 Å². The monoisotopic (exact) mass is 274 g/mol. The number of carbonyl (C=O) groups excluding carboxylic acids is 1. The van der Waals surface area contributed by atoms with Gasteiger partial charge in [-0.05, 0) is 37.0 Å². The van der Waals surface area contributed by atoms with Gasteiger partial charge in [0.1, 0.15) is 0 Å². The predicted octanol–water partition coefficient (Wildman–Crippen LogP) is 4.36. The molecule has 0 N–H and O–H groups in total. The van der Waals surface area contributed by atoms with E-state index in [9.17, 15) is 4.79 Å². The third kappa shape index (κ3) is 3.62. The first-order valence-electron chi connectivity index (χ1n) is 5.57. The number of benzene rings is 1. The number of hydrogen-bond acceptors (Lipinski definition) is 2. The fourth-order valence-electron chi connectivity index (χ4n) is 1.64. The van der Waals surface area contributed by atoms with Crippen molar-refractivity contribution in [1.29, 1.82) is 0 Å². The zero-order chi connectivity index (χ0) is 13.0. The van der Waals surface area contributed by atoms with E-state index in [2.05, 4.69) is 0 Å². The van der Waals surface area contributed by atoms with E-state index < -0.39 is 0 Å². The number of carbonyl (C=O) groups is 1. The Labute approximate surface area is 112 Å². The number of ether oxygens (including phenoxy) is 1. The standard InChI is InChI=1S/C13H16Cl2O2/c1-4-17-12(16)7-8(2)10-5-6-11(14)9(3)13(10)15/h5-6,8H,4,7H2,1-3H3. The van der Waals surface area contributed by atoms with Crippen LogP contribution in [0.15, 0.2) is 12.1 Å². The molecular formula is C13H16Cl2O2. The maximum atomic E-state index is 11.4. The van der Waals surface area contributed by atoms with E-state index in [4.69, 9.17) is 27.9 Å². The van der Waals surface area contributed by atoms with Crippen LogP contribution in [0.5, 0.6) is 0 Å². The summed E-state index contributed by atoms with van der Waals surface area (Å²) in [5.41, 5.74) is 1.78. The summed E-state index contributed by atoms with van der Waals surface area (Å²) in [4.78, 5) is 11.4. The van der Waals surface area contributed by atoms with Crippen molar-refractivity contribution >= 4 is 29.2 Å². The van der Waals surface area contributed by atoms with Crippen molar-refractivity contribution in [2.45, 2.75) is 33.1 Å². The topological polar surface area (TPSA) is 26.3 Å². The second kappa shape index (κ2) is 6.27. The quantitative estimate of drug-likeness (QED) is 0.763. The molecule has 2 nitrogen and oxygen atoms in total. The van der Waals surface area contributed by atoms with Crippen LogP contribution in [-0.2, 0) is 9.53 Å². The van der Waals surface area contributed by atoms with Crippen LogP contribution in [0.3, 0.4) is 0 Å². The highest BCUT2D eigenvalue weighted by atomic mass is 35.5. The second-order valence-corrected chi connectivity index (χ2v) is 4.77. The summed E-state index contributed by atoms with van der Waals surface area (Å²) in [7, 11) is 0. The molecule has 94 valence electrons. The molecule has 0 radical (unpaired) electrons. The van der Waals surface area contributed by atoms with Crippen LogP contribution in [0.25, 0.3) is 0 Å². The van der Waals surface area contributed by atoms with Gasteiger partial charge in [0.25, 0.3) is 0 Å². The van der Waals surface area contributed by atoms with Gasteiger partial charge in [0, 0.05) is 10.0 Å². The van der Waals surface area contributed by atoms with Crippen LogP contribution in [-0.4, -0.2) is 12.6 Å². The average molecular weight is 275 g/mol. The molecule has 1 atom stereocenters. The summed E-state index contributed by atoms with van der Waals surface area (Å²) in [6.07, 6.45) is 0.328. The molecule has 0 saturated carbocycles. The maximum Gasteiger partial charge on any atom is 0.306 e. The average Bonchev–Trinajstić information content (AvgIpc) is 2.26. The Morgan fingerprint density at radius 3 is 2.65 bits per heavy atom. The highest BCUT2D eigenvalue weighted by Crippen LogP contribution is 2.33. The summed E-state index contributed by atoms with van der Waals surface area (Å²) >= 11 is 12.2. The molecule has 1 rings (SSSR count). The molecule has 1 unspecified atom stereocenters. The van der Waals surface area contributed by atoms with Crippen LogP contribution in [0.2, 0.25) is 10.0 Å². The Balaban J connectivity index is 2.86. The molecule has 0 aliphatic carbocycles. The lowest BCUT2D eigenvalue weighted by Crippen LogP contribution is -2.09. The lowest BCUT2D eigenvalue weighted by molar-refractivity contribution is -0.143. The van der Waals surface area contributed by atoms with Gasteiger partial charge in [-0.25, -0.2) is 0 Å². The summed E-state index contributed by atoms with van der Waals surface area (Å²) in [5.74, 6) is -0.179. The number of rotatable bonds is 4. The van der Waals surface area contributed by atoms with Gasteiger partial charge in [0.15, 0.2) is 0 Å². The van der Waals surface area contributed by atoms with Crippen molar-refractivity contribution in [3.8, 4) is 0 Å². The second-order valence-electron chi connectivity index (χ2n) is 3.99. The largest absolute Gasteiger partial charge is 0.466 e. The fourth-order valence-corrected chi connectivity index (χ4v) is 2.20. The Kier molecular flexibility index (Phi) is 5.29. The molecular weight excluding hydrogens is 259 g/mol. The first-order chi connectivity index (χ1) is 7.97. The molecule has 1 aromatic carbocycles. The first-order valence-corrected chi connectivity index (χ1v) is 6.33. The SMILES string of the molecule is CCOC(=O)CC(C)c1ccc(Cl)c(C)c1Cl. The van der Waals surface area contributed by atoms with E-state index in [1.54, 1.807) is 13.0 Å². The lowest BCUT2D eigenvalue weighted by Gasteiger charge is -2.15. The smallest absolute Gasteiger partial charge is 0.306 e. The van der Waals surface area contributed by atoms with Crippen LogP contribution in [0.1, 0.15) is 37.3 Å². The molecule has 0 heterocycles. The molecule has 0 bridgehead atoms. The van der Waals surface area contributed by atoms with E-state index in [1.807, 2.05) is 19.9 Å². The fraction of sp³-hybridized carbons (Fsp3) is 0.462. The Hall–Kier alpha value is -0.730. The number of esters is 1. The molecule has 0 aliphatic rings. The van der Waals surface area contributed by atoms with Crippen LogP contribution < -0.4 is 0 Å². The molecule has 4 heteroatoms. The van der Waals surface area contributed by atoms with Gasteiger partial charge in [-0.2, -0.15) is 0 Å². The normalized spacial score (nSPS) is 12.3. The van der Waals surface area contributed by atoms with Crippen molar-refractivity contribution in [2.24, 2.45) is 0 Å². The summed E-state index contributed by atoms with van der Waals surface area (Å²) in [6, 6.07) is 3.67. The number of halogens is 2. The van der Waals surface area contributed by atoms with Gasteiger partial charge in [-0.3, -0.25) is 4.79 Å². The zero-order valence-electron chi connectivity index (χ0n) is 10.2. The van der Waals surface area contributed by atoms with E-state index in [0.717, 1.165) is 11.1 Å². The highest BCUT2D eigenvalue weighted by Gasteiger charge is 2.16. The predicted molar refractivity (Wildman–Crippen MR) is 70.9 cm³/mol. The molecule has 0 spiro atoms. The minimum absolute atomic E-state index is 0.0255. The molecule has 17 heavy (non-hydrogen) atoms. The molecule has 0 aliphatic heterocycles. The van der Waals surface area contributed by atoms with Gasteiger partial charge in [0.2, 0.25) is 0 Å².